The lowest BCUT2D eigenvalue weighted by Crippen LogP contribution is -2.24. The van der Waals surface area contributed by atoms with Gasteiger partial charge in [-0.05, 0) is 54.6 Å². The molecule has 166 valence electrons. The normalized spacial score (nSPS) is 11.2. The van der Waals surface area contributed by atoms with Gasteiger partial charge in [0.15, 0.2) is 5.16 Å². The molecule has 0 spiro atoms. The number of hydrogen-bond donors (Lipinski definition) is 1. The Hall–Kier alpha value is -3.36. The van der Waals surface area contributed by atoms with Crippen molar-refractivity contribution < 1.29 is 4.79 Å². The van der Waals surface area contributed by atoms with E-state index in [1.54, 1.807) is 34.7 Å². The number of para-hydroxylation sites is 2. The molecule has 0 saturated heterocycles. The smallest absolute Gasteiger partial charge is 0.266 e. The van der Waals surface area contributed by atoms with Gasteiger partial charge in [-0.3, -0.25) is 14.2 Å². The maximum Gasteiger partial charge on any atom is 0.266 e. The quantitative estimate of drug-likeness (QED) is 0.182. The highest BCUT2D eigenvalue weighted by atomic mass is 32.2. The highest BCUT2D eigenvalue weighted by molar-refractivity contribution is 7.99. The van der Waals surface area contributed by atoms with Crippen LogP contribution in [0.25, 0.3) is 16.6 Å². The summed E-state index contributed by atoms with van der Waals surface area (Å²) in [7, 11) is 0. The molecule has 33 heavy (non-hydrogen) atoms. The van der Waals surface area contributed by atoms with Crippen LogP contribution in [0.1, 0.15) is 11.1 Å². The van der Waals surface area contributed by atoms with Crippen molar-refractivity contribution >= 4 is 46.5 Å². The summed E-state index contributed by atoms with van der Waals surface area (Å²) in [4.78, 5) is 31.5. The summed E-state index contributed by atoms with van der Waals surface area (Å²) < 4.78 is 1.58. The molecule has 6 nitrogen and oxygen atoms in total. The van der Waals surface area contributed by atoms with E-state index in [0.717, 1.165) is 21.7 Å². The predicted molar refractivity (Wildman–Crippen MR) is 137 cm³/mol. The van der Waals surface area contributed by atoms with Crippen molar-refractivity contribution in [1.82, 2.24) is 15.0 Å². The molecule has 0 fully saturated rings. The van der Waals surface area contributed by atoms with Gasteiger partial charge in [0, 0.05) is 4.90 Å². The standard InChI is InChI=1S/C25H22N4O2S2/c1-17-7-3-6-10-22(17)29-24(31)20-8-4-5-9-21(20)27-25(29)33-16-23(30)28-26-15-18-11-13-19(32-2)14-12-18/h3-15H,16H2,1-2H3,(H,28,30)/b26-15-. The molecule has 1 aromatic heterocycles. The molecule has 4 aromatic rings. The fraction of sp³-hybridized carbons (Fsp3) is 0.120. The average Bonchev–Trinajstić information content (AvgIpc) is 2.84. The van der Waals surface area contributed by atoms with Gasteiger partial charge in [0.25, 0.3) is 11.5 Å². The number of hydrogen-bond acceptors (Lipinski definition) is 6. The van der Waals surface area contributed by atoms with Crippen LogP contribution in [0.4, 0.5) is 0 Å². The summed E-state index contributed by atoms with van der Waals surface area (Å²) >= 11 is 2.87. The number of hydrazone groups is 1. The molecule has 0 aliphatic rings. The second kappa shape index (κ2) is 10.5. The molecule has 0 radical (unpaired) electrons. The number of amides is 1. The van der Waals surface area contributed by atoms with E-state index in [2.05, 4.69) is 15.5 Å². The van der Waals surface area contributed by atoms with Gasteiger partial charge in [-0.25, -0.2) is 10.4 Å². The van der Waals surface area contributed by atoms with Gasteiger partial charge in [0.2, 0.25) is 0 Å². The SMILES string of the molecule is CSc1ccc(/C=N\NC(=O)CSc2nc3ccccc3c(=O)n2-c2ccccc2C)cc1. The molecule has 0 saturated carbocycles. The van der Waals surface area contributed by atoms with Crippen molar-refractivity contribution in [3.05, 3.63) is 94.3 Å². The van der Waals surface area contributed by atoms with Gasteiger partial charge >= 0.3 is 0 Å². The molecule has 0 aliphatic carbocycles. The van der Waals surface area contributed by atoms with E-state index < -0.39 is 0 Å². The van der Waals surface area contributed by atoms with Crippen LogP contribution in [0.5, 0.6) is 0 Å². The molecular formula is C25H22N4O2S2. The number of carbonyl (C=O) groups excluding carboxylic acids is 1. The molecule has 1 amide bonds. The van der Waals surface area contributed by atoms with Gasteiger partial charge < -0.3 is 0 Å². The summed E-state index contributed by atoms with van der Waals surface area (Å²) in [6.07, 6.45) is 3.62. The predicted octanol–water partition coefficient (Wildman–Crippen LogP) is 4.66. The lowest BCUT2D eigenvalue weighted by molar-refractivity contribution is -0.118. The first-order chi connectivity index (χ1) is 16.1. The molecule has 1 N–H and O–H groups in total. The Morgan fingerprint density at radius 2 is 1.79 bits per heavy atom. The summed E-state index contributed by atoms with van der Waals surface area (Å²) in [5.41, 5.74) is 5.56. The molecular weight excluding hydrogens is 452 g/mol. The molecule has 3 aromatic carbocycles. The van der Waals surface area contributed by atoms with Crippen molar-refractivity contribution in [1.29, 1.82) is 0 Å². The third-order valence-electron chi connectivity index (χ3n) is 4.95. The van der Waals surface area contributed by atoms with Gasteiger partial charge in [-0.15, -0.1) is 11.8 Å². The number of aromatic nitrogens is 2. The highest BCUT2D eigenvalue weighted by Crippen LogP contribution is 2.23. The van der Waals surface area contributed by atoms with Crippen LogP contribution in [0, 0.1) is 6.92 Å². The Morgan fingerprint density at radius 3 is 2.55 bits per heavy atom. The van der Waals surface area contributed by atoms with Crippen LogP contribution < -0.4 is 11.0 Å². The number of aryl methyl sites for hydroxylation is 1. The largest absolute Gasteiger partial charge is 0.272 e. The molecule has 1 heterocycles. The van der Waals surface area contributed by atoms with Crippen LogP contribution in [-0.2, 0) is 4.79 Å². The lowest BCUT2D eigenvalue weighted by Gasteiger charge is -2.14. The van der Waals surface area contributed by atoms with Gasteiger partial charge in [-0.1, -0.05) is 54.2 Å². The number of nitrogens with one attached hydrogen (secondary N) is 1. The highest BCUT2D eigenvalue weighted by Gasteiger charge is 2.15. The maximum atomic E-state index is 13.3. The average molecular weight is 475 g/mol. The minimum absolute atomic E-state index is 0.0689. The second-order valence-corrected chi connectivity index (χ2v) is 9.02. The molecule has 4 rings (SSSR count). The first kappa shape index (κ1) is 22.8. The fourth-order valence-electron chi connectivity index (χ4n) is 3.27. The van der Waals surface area contributed by atoms with E-state index in [1.807, 2.05) is 73.8 Å². The zero-order valence-corrected chi connectivity index (χ0v) is 19.8. The maximum absolute atomic E-state index is 13.3. The number of carbonyl (C=O) groups is 1. The van der Waals surface area contributed by atoms with Crippen LogP contribution in [0.15, 0.2) is 92.7 Å². The second-order valence-electron chi connectivity index (χ2n) is 7.19. The zero-order valence-electron chi connectivity index (χ0n) is 18.2. The van der Waals surface area contributed by atoms with E-state index in [4.69, 9.17) is 0 Å². The van der Waals surface area contributed by atoms with Crippen LogP contribution in [-0.4, -0.2) is 33.7 Å². The van der Waals surface area contributed by atoms with Gasteiger partial charge in [0.05, 0.1) is 28.6 Å². The van der Waals surface area contributed by atoms with Gasteiger partial charge in [-0.2, -0.15) is 5.10 Å². The Labute approximate surface area is 200 Å². The van der Waals surface area contributed by atoms with Crippen molar-refractivity contribution in [2.24, 2.45) is 5.10 Å². The topological polar surface area (TPSA) is 76.3 Å². The summed E-state index contributed by atoms with van der Waals surface area (Å²) in [6.45, 7) is 1.94. The van der Waals surface area contributed by atoms with Crippen LogP contribution >= 0.6 is 23.5 Å². The lowest BCUT2D eigenvalue weighted by atomic mass is 10.2. The van der Waals surface area contributed by atoms with Crippen molar-refractivity contribution in [2.75, 3.05) is 12.0 Å². The number of rotatable bonds is 7. The molecule has 0 bridgehead atoms. The van der Waals surface area contributed by atoms with Crippen LogP contribution in [0.3, 0.4) is 0 Å². The summed E-state index contributed by atoms with van der Waals surface area (Å²) in [5, 5.41) is 5.03. The Balaban J connectivity index is 1.54. The monoisotopic (exact) mass is 474 g/mol. The summed E-state index contributed by atoms with van der Waals surface area (Å²) in [6, 6.07) is 22.7. The zero-order chi connectivity index (χ0) is 23.2. The summed E-state index contributed by atoms with van der Waals surface area (Å²) in [5.74, 6) is -0.213. The minimum Gasteiger partial charge on any atom is -0.272 e. The number of thioether (sulfide) groups is 2. The molecule has 0 aliphatic heterocycles. The van der Waals surface area contributed by atoms with E-state index in [-0.39, 0.29) is 17.2 Å². The third kappa shape index (κ3) is 5.35. The Morgan fingerprint density at radius 1 is 1.06 bits per heavy atom. The molecule has 0 unspecified atom stereocenters. The first-order valence-electron chi connectivity index (χ1n) is 10.2. The van der Waals surface area contributed by atoms with Crippen molar-refractivity contribution in [2.45, 2.75) is 17.0 Å². The number of benzene rings is 3. The van der Waals surface area contributed by atoms with E-state index >= 15 is 0 Å². The van der Waals surface area contributed by atoms with E-state index in [1.165, 1.54) is 11.8 Å². The van der Waals surface area contributed by atoms with E-state index in [0.29, 0.717) is 16.1 Å². The first-order valence-corrected chi connectivity index (χ1v) is 12.4. The van der Waals surface area contributed by atoms with E-state index in [9.17, 15) is 9.59 Å². The van der Waals surface area contributed by atoms with Crippen LogP contribution in [0.2, 0.25) is 0 Å². The van der Waals surface area contributed by atoms with Crippen molar-refractivity contribution in [3.63, 3.8) is 0 Å². The number of nitrogens with zero attached hydrogens (tertiary/aromatic N) is 3. The Kier molecular flexibility index (Phi) is 7.26. The Bertz CT molecular complexity index is 1380. The minimum atomic E-state index is -0.282. The van der Waals surface area contributed by atoms with Crippen molar-refractivity contribution in [3.8, 4) is 5.69 Å². The third-order valence-corrected chi connectivity index (χ3v) is 6.63. The fourth-order valence-corrected chi connectivity index (χ4v) is 4.47. The number of fused-ring (bicyclic) bond motifs is 1. The van der Waals surface area contributed by atoms with Gasteiger partial charge in [0.1, 0.15) is 0 Å². The molecule has 8 heteroatoms. The molecule has 0 atom stereocenters.